The molecule has 0 bridgehead atoms. The van der Waals surface area contributed by atoms with Gasteiger partial charge in [0.1, 0.15) is 0 Å². The number of carbonyl (C=O) groups is 1. The zero-order valence-corrected chi connectivity index (χ0v) is 11.6. The van der Waals surface area contributed by atoms with Crippen molar-refractivity contribution in [3.8, 4) is 0 Å². The normalized spacial score (nSPS) is 31.4. The van der Waals surface area contributed by atoms with Gasteiger partial charge in [-0.2, -0.15) is 0 Å². The summed E-state index contributed by atoms with van der Waals surface area (Å²) in [5, 5.41) is 3.42. The van der Waals surface area contributed by atoms with Crippen LogP contribution in [0.4, 0.5) is 0 Å². The summed E-state index contributed by atoms with van der Waals surface area (Å²) in [5.74, 6) is 0.990. The second-order valence-electron chi connectivity index (χ2n) is 6.18. The highest BCUT2D eigenvalue weighted by atomic mass is 16.2. The lowest BCUT2D eigenvalue weighted by molar-refractivity contribution is -0.130. The van der Waals surface area contributed by atoms with E-state index < -0.39 is 0 Å². The number of rotatable bonds is 5. The Kier molecular flexibility index (Phi) is 3.48. The largest absolute Gasteiger partial charge is 0.325 e. The van der Waals surface area contributed by atoms with Crippen LogP contribution in [0.15, 0.2) is 0 Å². The standard InChI is InChI=1S/C14H26N2O/c1-5-6-12-15-11(4)13(17)16(12)9-14(7-8-14)10(2)3/h10-12,15H,5-9H2,1-4H3. The SMILES string of the molecule is CCCC1NC(C)C(=O)N1CC1(C(C)C)CC1. The minimum absolute atomic E-state index is 0.00881. The van der Waals surface area contributed by atoms with Gasteiger partial charge in [-0.3, -0.25) is 10.1 Å². The fourth-order valence-electron chi connectivity index (χ4n) is 2.97. The number of nitrogens with zero attached hydrogens (tertiary/aromatic N) is 1. The van der Waals surface area contributed by atoms with Crippen LogP contribution in [0.2, 0.25) is 0 Å². The number of hydrogen-bond donors (Lipinski definition) is 1. The summed E-state index contributed by atoms with van der Waals surface area (Å²) >= 11 is 0. The second kappa shape index (κ2) is 4.60. The lowest BCUT2D eigenvalue weighted by Gasteiger charge is -2.30. The predicted molar refractivity (Wildman–Crippen MR) is 69.5 cm³/mol. The molecule has 2 atom stereocenters. The Morgan fingerprint density at radius 3 is 2.59 bits per heavy atom. The molecule has 1 aliphatic heterocycles. The third-order valence-electron chi connectivity index (χ3n) is 4.64. The van der Waals surface area contributed by atoms with E-state index in [1.165, 1.54) is 12.8 Å². The Balaban J connectivity index is 2.04. The zero-order valence-electron chi connectivity index (χ0n) is 11.6. The maximum absolute atomic E-state index is 12.2. The van der Waals surface area contributed by atoms with Gasteiger partial charge >= 0.3 is 0 Å². The highest BCUT2D eigenvalue weighted by molar-refractivity contribution is 5.84. The molecule has 0 radical (unpaired) electrons. The van der Waals surface area contributed by atoms with Crippen molar-refractivity contribution < 1.29 is 4.79 Å². The van der Waals surface area contributed by atoms with Crippen LogP contribution in [0.25, 0.3) is 0 Å². The van der Waals surface area contributed by atoms with Gasteiger partial charge in [-0.25, -0.2) is 0 Å². The summed E-state index contributed by atoms with van der Waals surface area (Å²) in [6, 6.07) is 0.00881. The van der Waals surface area contributed by atoms with Crippen molar-refractivity contribution in [1.29, 1.82) is 0 Å². The summed E-state index contributed by atoms with van der Waals surface area (Å²) < 4.78 is 0. The molecule has 0 spiro atoms. The molecule has 2 fully saturated rings. The number of nitrogens with one attached hydrogen (secondary N) is 1. The van der Waals surface area contributed by atoms with Gasteiger partial charge in [0.15, 0.2) is 0 Å². The molecule has 17 heavy (non-hydrogen) atoms. The van der Waals surface area contributed by atoms with E-state index in [4.69, 9.17) is 0 Å². The van der Waals surface area contributed by atoms with Gasteiger partial charge in [0.2, 0.25) is 5.91 Å². The van der Waals surface area contributed by atoms with Gasteiger partial charge in [-0.15, -0.1) is 0 Å². The minimum Gasteiger partial charge on any atom is -0.325 e. The van der Waals surface area contributed by atoms with Gasteiger partial charge in [-0.05, 0) is 37.5 Å². The maximum Gasteiger partial charge on any atom is 0.240 e. The highest BCUT2D eigenvalue weighted by Crippen LogP contribution is 2.52. The fraction of sp³-hybridized carbons (Fsp3) is 0.929. The number of amides is 1. The minimum atomic E-state index is 0.00881. The van der Waals surface area contributed by atoms with Crippen molar-refractivity contribution in [1.82, 2.24) is 10.2 Å². The zero-order chi connectivity index (χ0) is 12.6. The molecule has 2 rings (SSSR count). The van der Waals surface area contributed by atoms with Gasteiger partial charge in [0, 0.05) is 6.54 Å². The van der Waals surface area contributed by atoms with E-state index in [0.717, 1.165) is 19.4 Å². The summed E-state index contributed by atoms with van der Waals surface area (Å²) in [5.41, 5.74) is 0.424. The molecule has 2 unspecified atom stereocenters. The van der Waals surface area contributed by atoms with Crippen LogP contribution in [0.1, 0.15) is 53.4 Å². The van der Waals surface area contributed by atoms with Crippen LogP contribution < -0.4 is 5.32 Å². The Morgan fingerprint density at radius 1 is 1.47 bits per heavy atom. The van der Waals surface area contributed by atoms with E-state index in [2.05, 4.69) is 31.0 Å². The summed E-state index contributed by atoms with van der Waals surface area (Å²) in [6.45, 7) is 9.71. The van der Waals surface area contributed by atoms with Crippen molar-refractivity contribution in [2.75, 3.05) is 6.54 Å². The lowest BCUT2D eigenvalue weighted by atomic mass is 9.91. The predicted octanol–water partition coefficient (Wildman–Crippen LogP) is 2.37. The molecule has 2 aliphatic rings. The lowest BCUT2D eigenvalue weighted by Crippen LogP contribution is -2.42. The smallest absolute Gasteiger partial charge is 0.240 e. The first-order chi connectivity index (χ1) is 8.00. The molecular weight excluding hydrogens is 212 g/mol. The average molecular weight is 238 g/mol. The van der Waals surface area contributed by atoms with Crippen molar-refractivity contribution >= 4 is 5.91 Å². The van der Waals surface area contributed by atoms with Crippen molar-refractivity contribution in [3.05, 3.63) is 0 Å². The molecular formula is C14H26N2O. The highest BCUT2D eigenvalue weighted by Gasteiger charge is 2.49. The van der Waals surface area contributed by atoms with Crippen LogP contribution in [-0.2, 0) is 4.79 Å². The Morgan fingerprint density at radius 2 is 2.12 bits per heavy atom. The molecule has 3 nitrogen and oxygen atoms in total. The molecule has 98 valence electrons. The average Bonchev–Trinajstić information content (AvgIpc) is 3.00. The molecule has 3 heteroatoms. The first-order valence-corrected chi connectivity index (χ1v) is 7.06. The van der Waals surface area contributed by atoms with E-state index in [1.54, 1.807) is 0 Å². The van der Waals surface area contributed by atoms with E-state index in [9.17, 15) is 4.79 Å². The topological polar surface area (TPSA) is 32.3 Å². The van der Waals surface area contributed by atoms with Gasteiger partial charge in [0.25, 0.3) is 0 Å². The van der Waals surface area contributed by atoms with Crippen molar-refractivity contribution in [3.63, 3.8) is 0 Å². The molecule has 1 amide bonds. The first kappa shape index (κ1) is 12.9. The molecule has 1 heterocycles. The second-order valence-corrected chi connectivity index (χ2v) is 6.18. The molecule has 1 saturated carbocycles. The van der Waals surface area contributed by atoms with Gasteiger partial charge < -0.3 is 4.90 Å². The van der Waals surface area contributed by atoms with Crippen LogP contribution >= 0.6 is 0 Å². The summed E-state index contributed by atoms with van der Waals surface area (Å²) in [4.78, 5) is 14.3. The monoisotopic (exact) mass is 238 g/mol. The van der Waals surface area contributed by atoms with Gasteiger partial charge in [-0.1, -0.05) is 27.2 Å². The van der Waals surface area contributed by atoms with Crippen LogP contribution in [0.5, 0.6) is 0 Å². The van der Waals surface area contributed by atoms with E-state index >= 15 is 0 Å². The Labute approximate surface area is 105 Å². The van der Waals surface area contributed by atoms with Crippen LogP contribution in [0.3, 0.4) is 0 Å². The Bertz CT molecular complexity index is 297. The first-order valence-electron chi connectivity index (χ1n) is 7.06. The van der Waals surface area contributed by atoms with Crippen molar-refractivity contribution in [2.45, 2.75) is 65.6 Å². The third kappa shape index (κ3) is 2.35. The number of hydrogen-bond acceptors (Lipinski definition) is 2. The van der Waals surface area contributed by atoms with Crippen molar-refractivity contribution in [2.24, 2.45) is 11.3 Å². The summed E-state index contributed by atoms with van der Waals surface area (Å²) in [6.07, 6.45) is 5.06. The van der Waals surface area contributed by atoms with E-state index in [0.29, 0.717) is 17.2 Å². The van der Waals surface area contributed by atoms with Crippen LogP contribution in [-0.4, -0.2) is 29.6 Å². The van der Waals surface area contributed by atoms with E-state index in [-0.39, 0.29) is 12.2 Å². The molecule has 0 aromatic heterocycles. The Hall–Kier alpha value is -0.570. The molecule has 1 saturated heterocycles. The fourth-order valence-corrected chi connectivity index (χ4v) is 2.97. The van der Waals surface area contributed by atoms with Gasteiger partial charge in [0.05, 0.1) is 12.2 Å². The summed E-state index contributed by atoms with van der Waals surface area (Å²) in [7, 11) is 0. The van der Waals surface area contributed by atoms with Crippen LogP contribution in [0, 0.1) is 11.3 Å². The van der Waals surface area contributed by atoms with E-state index in [1.807, 2.05) is 6.92 Å². The maximum atomic E-state index is 12.2. The third-order valence-corrected chi connectivity index (χ3v) is 4.64. The molecule has 0 aromatic carbocycles. The number of carbonyl (C=O) groups excluding carboxylic acids is 1. The molecule has 1 aliphatic carbocycles. The molecule has 0 aromatic rings. The molecule has 1 N–H and O–H groups in total. The quantitative estimate of drug-likeness (QED) is 0.797.